The third kappa shape index (κ3) is 4.78. The Morgan fingerprint density at radius 3 is 2.17 bits per heavy atom. The number of amides is 1. The Hall–Kier alpha value is -0.870. The Balaban J connectivity index is 2.75. The number of nitrogens with two attached hydrogens (primary N) is 1. The Kier molecular flexibility index (Phi) is 4.56. The van der Waals surface area contributed by atoms with E-state index >= 15 is 0 Å². The van der Waals surface area contributed by atoms with Crippen molar-refractivity contribution in [1.82, 2.24) is 5.32 Å². The van der Waals surface area contributed by atoms with Gasteiger partial charge < -0.3 is 11.1 Å². The van der Waals surface area contributed by atoms with E-state index in [0.717, 1.165) is 10.0 Å². The fourth-order valence-corrected chi connectivity index (χ4v) is 2.01. The van der Waals surface area contributed by atoms with Gasteiger partial charge in [-0.1, -0.05) is 28.1 Å². The molecule has 0 saturated carbocycles. The van der Waals surface area contributed by atoms with E-state index in [9.17, 15) is 4.79 Å². The average molecular weight is 313 g/mol. The minimum Gasteiger partial charge on any atom is -0.347 e. The first-order valence-electron chi connectivity index (χ1n) is 5.96. The summed E-state index contributed by atoms with van der Waals surface area (Å²) in [5.74, 6) is -0.0320. The summed E-state index contributed by atoms with van der Waals surface area (Å²) in [7, 11) is 0. The van der Waals surface area contributed by atoms with Crippen molar-refractivity contribution in [1.29, 1.82) is 0 Å². The number of hydrogen-bond donors (Lipinski definition) is 2. The first-order chi connectivity index (χ1) is 8.10. The van der Waals surface area contributed by atoms with Crippen molar-refractivity contribution < 1.29 is 4.79 Å². The lowest BCUT2D eigenvalue weighted by molar-refractivity contribution is -0.123. The molecule has 0 aliphatic carbocycles. The van der Waals surface area contributed by atoms with Gasteiger partial charge >= 0.3 is 0 Å². The van der Waals surface area contributed by atoms with Crippen LogP contribution in [0.2, 0.25) is 0 Å². The molecular weight excluding hydrogens is 292 g/mol. The second-order valence-electron chi connectivity index (χ2n) is 5.85. The monoisotopic (exact) mass is 312 g/mol. The summed E-state index contributed by atoms with van der Waals surface area (Å²) >= 11 is 3.40. The van der Waals surface area contributed by atoms with Crippen molar-refractivity contribution in [2.24, 2.45) is 5.73 Å². The van der Waals surface area contributed by atoms with E-state index in [1.807, 2.05) is 52.0 Å². The number of carbonyl (C=O) groups excluding carboxylic acids is 1. The molecule has 0 aliphatic rings. The maximum absolute atomic E-state index is 11.9. The third-order valence-corrected chi connectivity index (χ3v) is 3.16. The second kappa shape index (κ2) is 5.41. The fourth-order valence-electron chi connectivity index (χ4n) is 1.75. The lowest BCUT2D eigenvalue weighted by Crippen LogP contribution is -2.45. The number of halogens is 1. The highest BCUT2D eigenvalue weighted by molar-refractivity contribution is 9.10. The van der Waals surface area contributed by atoms with E-state index in [-0.39, 0.29) is 5.91 Å². The summed E-state index contributed by atoms with van der Waals surface area (Å²) in [4.78, 5) is 11.9. The van der Waals surface area contributed by atoms with Crippen molar-refractivity contribution >= 4 is 21.8 Å². The lowest BCUT2D eigenvalue weighted by atomic mass is 9.93. The summed E-state index contributed by atoms with van der Waals surface area (Å²) in [6, 6.07) is 7.93. The van der Waals surface area contributed by atoms with Crippen LogP contribution in [0.25, 0.3) is 0 Å². The normalized spacial score (nSPS) is 12.3. The minimum absolute atomic E-state index is 0.0320. The lowest BCUT2D eigenvalue weighted by Gasteiger charge is -2.29. The molecule has 1 rings (SSSR count). The Labute approximate surface area is 117 Å². The zero-order valence-corrected chi connectivity index (χ0v) is 13.0. The fraction of sp³-hybridized carbons (Fsp3) is 0.500. The first kappa shape index (κ1) is 15.2. The SMILES string of the molecule is CC(C)(N)CC(=O)NC(C)(C)c1ccc(Br)cc1. The van der Waals surface area contributed by atoms with Gasteiger partial charge in [-0.15, -0.1) is 0 Å². The number of hydrogen-bond acceptors (Lipinski definition) is 2. The van der Waals surface area contributed by atoms with Crippen molar-refractivity contribution in [2.45, 2.75) is 45.2 Å². The Morgan fingerprint density at radius 2 is 1.72 bits per heavy atom. The van der Waals surface area contributed by atoms with E-state index in [0.29, 0.717) is 6.42 Å². The highest BCUT2D eigenvalue weighted by Gasteiger charge is 2.25. The molecule has 0 radical (unpaired) electrons. The van der Waals surface area contributed by atoms with Crippen LogP contribution in [0.1, 0.15) is 39.7 Å². The van der Waals surface area contributed by atoms with Crippen molar-refractivity contribution in [3.05, 3.63) is 34.3 Å². The summed E-state index contributed by atoms with van der Waals surface area (Å²) in [5, 5.41) is 3.01. The van der Waals surface area contributed by atoms with Gasteiger partial charge in [-0.25, -0.2) is 0 Å². The predicted molar refractivity (Wildman–Crippen MR) is 78.2 cm³/mol. The van der Waals surface area contributed by atoms with Gasteiger partial charge in [-0.2, -0.15) is 0 Å². The second-order valence-corrected chi connectivity index (χ2v) is 6.76. The highest BCUT2D eigenvalue weighted by atomic mass is 79.9. The molecule has 1 amide bonds. The van der Waals surface area contributed by atoms with Crippen LogP contribution in [-0.2, 0) is 10.3 Å². The standard InChI is InChI=1S/C14H21BrN2O/c1-13(2,16)9-12(18)17-14(3,4)10-5-7-11(15)8-6-10/h5-8H,9,16H2,1-4H3,(H,17,18). The van der Waals surface area contributed by atoms with Crippen LogP contribution >= 0.6 is 15.9 Å². The van der Waals surface area contributed by atoms with Gasteiger partial charge in [-0.3, -0.25) is 4.79 Å². The molecule has 0 atom stereocenters. The molecule has 1 aromatic carbocycles. The molecule has 0 fully saturated rings. The molecule has 0 spiro atoms. The Bertz CT molecular complexity index is 418. The van der Waals surface area contributed by atoms with Crippen LogP contribution in [0.4, 0.5) is 0 Å². The van der Waals surface area contributed by atoms with Crippen LogP contribution in [0, 0.1) is 0 Å². The summed E-state index contributed by atoms with van der Waals surface area (Å²) in [5.41, 5.74) is 6.02. The average Bonchev–Trinajstić information content (AvgIpc) is 2.13. The molecule has 100 valence electrons. The molecule has 4 heteroatoms. The first-order valence-corrected chi connectivity index (χ1v) is 6.75. The molecule has 3 N–H and O–H groups in total. The van der Waals surface area contributed by atoms with Crippen LogP contribution in [0.15, 0.2) is 28.7 Å². The van der Waals surface area contributed by atoms with E-state index < -0.39 is 11.1 Å². The largest absolute Gasteiger partial charge is 0.347 e. The zero-order valence-electron chi connectivity index (χ0n) is 11.4. The molecule has 1 aromatic rings. The van der Waals surface area contributed by atoms with Gasteiger partial charge in [0.1, 0.15) is 0 Å². The molecule has 0 heterocycles. The molecule has 18 heavy (non-hydrogen) atoms. The van der Waals surface area contributed by atoms with Crippen LogP contribution in [-0.4, -0.2) is 11.4 Å². The van der Waals surface area contributed by atoms with E-state index in [2.05, 4.69) is 21.2 Å². The highest BCUT2D eigenvalue weighted by Crippen LogP contribution is 2.22. The number of carbonyl (C=O) groups is 1. The molecule has 0 unspecified atom stereocenters. The van der Waals surface area contributed by atoms with Crippen molar-refractivity contribution in [3.63, 3.8) is 0 Å². The van der Waals surface area contributed by atoms with E-state index in [4.69, 9.17) is 5.73 Å². The molecular formula is C14H21BrN2O. The number of nitrogens with one attached hydrogen (secondary N) is 1. The van der Waals surface area contributed by atoms with Crippen LogP contribution in [0.3, 0.4) is 0 Å². The third-order valence-electron chi connectivity index (χ3n) is 2.63. The van der Waals surface area contributed by atoms with E-state index in [1.165, 1.54) is 0 Å². The number of benzene rings is 1. The van der Waals surface area contributed by atoms with Crippen LogP contribution < -0.4 is 11.1 Å². The molecule has 0 bridgehead atoms. The van der Waals surface area contributed by atoms with Gasteiger partial charge in [0.25, 0.3) is 0 Å². The minimum atomic E-state index is -0.486. The molecule has 0 aromatic heterocycles. The van der Waals surface area contributed by atoms with Gasteiger partial charge in [-0.05, 0) is 45.4 Å². The Morgan fingerprint density at radius 1 is 1.22 bits per heavy atom. The van der Waals surface area contributed by atoms with Gasteiger partial charge in [0, 0.05) is 16.4 Å². The molecule has 0 aliphatic heterocycles. The quantitative estimate of drug-likeness (QED) is 0.898. The van der Waals surface area contributed by atoms with Crippen molar-refractivity contribution in [2.75, 3.05) is 0 Å². The summed E-state index contributed by atoms with van der Waals surface area (Å²) < 4.78 is 1.02. The molecule has 3 nitrogen and oxygen atoms in total. The zero-order chi connectivity index (χ0) is 14.0. The smallest absolute Gasteiger partial charge is 0.222 e. The predicted octanol–water partition coefficient (Wildman–Crippen LogP) is 2.93. The van der Waals surface area contributed by atoms with Crippen molar-refractivity contribution in [3.8, 4) is 0 Å². The van der Waals surface area contributed by atoms with E-state index in [1.54, 1.807) is 0 Å². The van der Waals surface area contributed by atoms with Gasteiger partial charge in [0.15, 0.2) is 0 Å². The number of rotatable bonds is 4. The van der Waals surface area contributed by atoms with Gasteiger partial charge in [0.2, 0.25) is 5.91 Å². The maximum Gasteiger partial charge on any atom is 0.222 e. The van der Waals surface area contributed by atoms with Crippen LogP contribution in [0.5, 0.6) is 0 Å². The summed E-state index contributed by atoms with van der Waals surface area (Å²) in [6.07, 6.45) is 0.312. The topological polar surface area (TPSA) is 55.1 Å². The summed E-state index contributed by atoms with van der Waals surface area (Å²) in [6.45, 7) is 7.66. The van der Waals surface area contributed by atoms with Gasteiger partial charge in [0.05, 0.1) is 5.54 Å². The maximum atomic E-state index is 11.9. The molecule has 0 saturated heterocycles.